The number of hydrogen-bond donors (Lipinski definition) is 1. The molecular formula is C21H22Cl2N6O3. The van der Waals surface area contributed by atoms with Gasteiger partial charge < -0.3 is 9.47 Å². The van der Waals surface area contributed by atoms with E-state index in [1.807, 2.05) is 24.3 Å². The van der Waals surface area contributed by atoms with Gasteiger partial charge in [0, 0.05) is 28.8 Å². The molecule has 0 unspecified atom stereocenters. The van der Waals surface area contributed by atoms with Gasteiger partial charge in [-0.25, -0.2) is 9.48 Å². The topological polar surface area (TPSA) is 94.4 Å². The Kier molecular flexibility index (Phi) is 7.54. The van der Waals surface area contributed by atoms with Gasteiger partial charge >= 0.3 is 6.09 Å². The van der Waals surface area contributed by atoms with Crippen molar-refractivity contribution >= 4 is 35.0 Å². The van der Waals surface area contributed by atoms with Crippen LogP contribution in [0.4, 0.5) is 10.5 Å². The predicted molar refractivity (Wildman–Crippen MR) is 120 cm³/mol. The lowest BCUT2D eigenvalue weighted by atomic mass is 10.0. The van der Waals surface area contributed by atoms with E-state index >= 15 is 0 Å². The SMILES string of the molecule is O=C(Nc1ccc(Cl)cc1)OCCn1nnnc1[C@@H](c1ccc(Cl)cc1)N1CCOCC1. The number of benzene rings is 2. The van der Waals surface area contributed by atoms with E-state index in [2.05, 4.69) is 25.7 Å². The van der Waals surface area contributed by atoms with Gasteiger partial charge in [0.05, 0.1) is 25.8 Å². The van der Waals surface area contributed by atoms with Gasteiger partial charge in [-0.1, -0.05) is 35.3 Å². The van der Waals surface area contributed by atoms with Crippen molar-refractivity contribution in [2.24, 2.45) is 0 Å². The number of tetrazole rings is 1. The lowest BCUT2D eigenvalue weighted by Gasteiger charge is -2.33. The van der Waals surface area contributed by atoms with E-state index in [4.69, 9.17) is 32.7 Å². The second-order valence-electron chi connectivity index (χ2n) is 7.13. The molecule has 2 aromatic carbocycles. The van der Waals surface area contributed by atoms with Crippen molar-refractivity contribution in [2.45, 2.75) is 12.6 Å². The van der Waals surface area contributed by atoms with Crippen LogP contribution in [0.2, 0.25) is 10.0 Å². The van der Waals surface area contributed by atoms with Crippen molar-refractivity contribution in [3.8, 4) is 0 Å². The fraction of sp³-hybridized carbons (Fsp3) is 0.333. The number of aromatic nitrogens is 4. The summed E-state index contributed by atoms with van der Waals surface area (Å²) in [4.78, 5) is 14.4. The summed E-state index contributed by atoms with van der Waals surface area (Å²) in [6.45, 7) is 3.19. The van der Waals surface area contributed by atoms with Crippen molar-refractivity contribution < 1.29 is 14.3 Å². The fourth-order valence-electron chi connectivity index (χ4n) is 3.48. The Bertz CT molecular complexity index is 1020. The summed E-state index contributed by atoms with van der Waals surface area (Å²) in [7, 11) is 0. The first-order valence-electron chi connectivity index (χ1n) is 10.1. The highest BCUT2D eigenvalue weighted by molar-refractivity contribution is 6.30. The number of nitrogens with zero attached hydrogens (tertiary/aromatic N) is 5. The number of carbonyl (C=O) groups excluding carboxylic acids is 1. The van der Waals surface area contributed by atoms with E-state index in [1.54, 1.807) is 28.9 Å². The molecule has 1 fully saturated rings. The van der Waals surface area contributed by atoms with Gasteiger partial charge in [-0.2, -0.15) is 0 Å². The molecule has 168 valence electrons. The number of halogens is 2. The second kappa shape index (κ2) is 10.7. The maximum absolute atomic E-state index is 12.1. The molecule has 1 amide bonds. The number of anilines is 1. The highest BCUT2D eigenvalue weighted by atomic mass is 35.5. The summed E-state index contributed by atoms with van der Waals surface area (Å²) in [6, 6.07) is 14.2. The van der Waals surface area contributed by atoms with E-state index in [0.717, 1.165) is 18.7 Å². The van der Waals surface area contributed by atoms with Gasteiger partial charge in [-0.05, 0) is 52.4 Å². The van der Waals surface area contributed by atoms with Crippen LogP contribution < -0.4 is 5.32 Å². The number of carbonyl (C=O) groups is 1. The van der Waals surface area contributed by atoms with Gasteiger partial charge in [-0.3, -0.25) is 10.2 Å². The third-order valence-electron chi connectivity index (χ3n) is 5.03. The maximum atomic E-state index is 12.1. The zero-order valence-corrected chi connectivity index (χ0v) is 18.7. The second-order valence-corrected chi connectivity index (χ2v) is 8.00. The van der Waals surface area contributed by atoms with Gasteiger partial charge in [0.25, 0.3) is 0 Å². The van der Waals surface area contributed by atoms with E-state index in [-0.39, 0.29) is 12.6 Å². The number of ether oxygens (including phenoxy) is 2. The Balaban J connectivity index is 1.43. The highest BCUT2D eigenvalue weighted by Gasteiger charge is 2.29. The zero-order chi connectivity index (χ0) is 22.3. The third-order valence-corrected chi connectivity index (χ3v) is 5.53. The van der Waals surface area contributed by atoms with Gasteiger partial charge in [0.2, 0.25) is 0 Å². The van der Waals surface area contributed by atoms with Crippen molar-refractivity contribution in [1.29, 1.82) is 0 Å². The quantitative estimate of drug-likeness (QED) is 0.555. The Morgan fingerprint density at radius 3 is 2.41 bits per heavy atom. The molecule has 0 aliphatic carbocycles. The smallest absolute Gasteiger partial charge is 0.411 e. The molecule has 9 nitrogen and oxygen atoms in total. The van der Waals surface area contributed by atoms with E-state index in [0.29, 0.717) is 41.3 Å². The fourth-order valence-corrected chi connectivity index (χ4v) is 3.73. The molecule has 2 heterocycles. The van der Waals surface area contributed by atoms with Crippen LogP contribution in [0.25, 0.3) is 0 Å². The first kappa shape index (κ1) is 22.5. The molecule has 11 heteroatoms. The lowest BCUT2D eigenvalue weighted by Crippen LogP contribution is -2.40. The minimum atomic E-state index is -0.565. The van der Waals surface area contributed by atoms with Crippen LogP contribution >= 0.6 is 23.2 Å². The molecule has 0 saturated carbocycles. The predicted octanol–water partition coefficient (Wildman–Crippen LogP) is 3.65. The average molecular weight is 477 g/mol. The molecule has 0 radical (unpaired) electrons. The van der Waals surface area contributed by atoms with Gasteiger partial charge in [-0.15, -0.1) is 5.10 Å². The van der Waals surface area contributed by atoms with E-state index < -0.39 is 6.09 Å². The summed E-state index contributed by atoms with van der Waals surface area (Å²) < 4.78 is 12.5. The third kappa shape index (κ3) is 5.74. The first-order chi connectivity index (χ1) is 15.6. The molecule has 0 spiro atoms. The van der Waals surface area contributed by atoms with E-state index in [9.17, 15) is 4.79 Å². The Morgan fingerprint density at radius 1 is 1.06 bits per heavy atom. The summed E-state index contributed by atoms with van der Waals surface area (Å²) in [5.74, 6) is 0.663. The number of rotatable bonds is 7. The van der Waals surface area contributed by atoms with Crippen LogP contribution in [-0.2, 0) is 16.0 Å². The molecule has 32 heavy (non-hydrogen) atoms. The van der Waals surface area contributed by atoms with Crippen LogP contribution in [-0.4, -0.2) is 64.1 Å². The Labute approximate surface area is 195 Å². The molecule has 1 aliphatic heterocycles. The molecule has 1 N–H and O–H groups in total. The van der Waals surface area contributed by atoms with Crippen LogP contribution in [0.3, 0.4) is 0 Å². The van der Waals surface area contributed by atoms with Crippen molar-refractivity contribution in [3.63, 3.8) is 0 Å². The molecular weight excluding hydrogens is 455 g/mol. The highest BCUT2D eigenvalue weighted by Crippen LogP contribution is 2.28. The number of morpholine rings is 1. The van der Waals surface area contributed by atoms with Crippen LogP contribution in [0.5, 0.6) is 0 Å². The number of amides is 1. The van der Waals surface area contributed by atoms with E-state index in [1.165, 1.54) is 0 Å². The van der Waals surface area contributed by atoms with Crippen molar-refractivity contribution in [3.05, 3.63) is 70.0 Å². The van der Waals surface area contributed by atoms with Crippen LogP contribution in [0.1, 0.15) is 17.4 Å². The van der Waals surface area contributed by atoms with Gasteiger partial charge in [0.1, 0.15) is 6.61 Å². The summed E-state index contributed by atoms with van der Waals surface area (Å²) in [5.41, 5.74) is 1.62. The largest absolute Gasteiger partial charge is 0.447 e. The molecule has 0 bridgehead atoms. The zero-order valence-electron chi connectivity index (χ0n) is 17.2. The first-order valence-corrected chi connectivity index (χ1v) is 10.9. The van der Waals surface area contributed by atoms with Gasteiger partial charge in [0.15, 0.2) is 5.82 Å². The Morgan fingerprint density at radius 2 is 1.72 bits per heavy atom. The minimum absolute atomic E-state index is 0.105. The van der Waals surface area contributed by atoms with Crippen molar-refractivity contribution in [2.75, 3.05) is 38.2 Å². The minimum Gasteiger partial charge on any atom is -0.447 e. The summed E-state index contributed by atoms with van der Waals surface area (Å²) in [5, 5.41) is 16.2. The average Bonchev–Trinajstić information content (AvgIpc) is 3.25. The number of hydrogen-bond acceptors (Lipinski definition) is 7. The standard InChI is InChI=1S/C21H22Cl2N6O3/c22-16-3-1-15(2-4-16)19(28-9-12-31-13-10-28)20-25-26-27-29(20)11-14-32-21(30)24-18-7-5-17(23)6-8-18/h1-8,19H,9-14H2,(H,24,30)/t19-/m1/s1. The summed E-state index contributed by atoms with van der Waals surface area (Å²) in [6.07, 6.45) is -0.565. The molecule has 1 aliphatic rings. The summed E-state index contributed by atoms with van der Waals surface area (Å²) >= 11 is 11.9. The molecule has 1 atom stereocenters. The number of nitrogens with one attached hydrogen (secondary N) is 1. The Hall–Kier alpha value is -2.72. The monoisotopic (exact) mass is 476 g/mol. The molecule has 4 rings (SSSR count). The normalized spacial score (nSPS) is 15.3. The lowest BCUT2D eigenvalue weighted by molar-refractivity contribution is 0.0214. The molecule has 1 saturated heterocycles. The van der Waals surface area contributed by atoms with Crippen molar-refractivity contribution in [1.82, 2.24) is 25.1 Å². The van der Waals surface area contributed by atoms with Crippen LogP contribution in [0.15, 0.2) is 48.5 Å². The van der Waals surface area contributed by atoms with Crippen LogP contribution in [0, 0.1) is 0 Å². The molecule has 3 aromatic rings. The maximum Gasteiger partial charge on any atom is 0.411 e. The molecule has 1 aromatic heterocycles.